The fourth-order valence-corrected chi connectivity index (χ4v) is 6.53. The highest BCUT2D eigenvalue weighted by Crippen LogP contribution is 2.42. The van der Waals surface area contributed by atoms with Gasteiger partial charge >= 0.3 is 0 Å². The van der Waals surface area contributed by atoms with E-state index in [2.05, 4.69) is 0 Å². The Balaban J connectivity index is 1.50. The van der Waals surface area contributed by atoms with Crippen molar-refractivity contribution < 1.29 is 27.0 Å². The van der Waals surface area contributed by atoms with Gasteiger partial charge < -0.3 is 19.1 Å². The summed E-state index contributed by atoms with van der Waals surface area (Å²) in [5.74, 6) is 0.984. The van der Waals surface area contributed by atoms with Gasteiger partial charge in [0.25, 0.3) is 0 Å². The number of thiazole rings is 1. The molecule has 0 amide bonds. The van der Waals surface area contributed by atoms with Crippen LogP contribution >= 0.6 is 22.9 Å². The third kappa shape index (κ3) is 4.65. The first-order valence-electron chi connectivity index (χ1n) is 10.2. The van der Waals surface area contributed by atoms with Crippen molar-refractivity contribution in [1.29, 1.82) is 0 Å². The summed E-state index contributed by atoms with van der Waals surface area (Å²) >= 11 is 7.46. The van der Waals surface area contributed by atoms with Crippen LogP contribution in [0.2, 0.25) is 5.02 Å². The van der Waals surface area contributed by atoms with Crippen LogP contribution in [0.5, 0.6) is 17.2 Å². The van der Waals surface area contributed by atoms with E-state index in [0.29, 0.717) is 30.3 Å². The zero-order valence-electron chi connectivity index (χ0n) is 18.7. The number of benzene rings is 2. The summed E-state index contributed by atoms with van der Waals surface area (Å²) in [5, 5.41) is 2.58. The number of hydrogen-bond acceptors (Lipinski definition) is 8. The first-order chi connectivity index (χ1) is 16.3. The number of anilines is 1. The quantitative estimate of drug-likeness (QED) is 0.457. The molecule has 2 aromatic carbocycles. The standard InChI is InChI=1S/C22H23ClFN3O5S2/c1-30-18-10-14(11-19(31-2)21(18)32-3)17-13-33-22(25-17)26-6-8-27(9-7-26)34(28,29)20-5-4-15(24)12-16(20)23/h4-5,10-13H,6-9H2,1-3H3. The molecular weight excluding hydrogens is 505 g/mol. The predicted octanol–water partition coefficient (Wildman–Crippen LogP) is 4.14. The number of aromatic nitrogens is 1. The van der Waals surface area contributed by atoms with Gasteiger partial charge in [0.05, 0.1) is 32.0 Å². The molecule has 8 nitrogen and oxygen atoms in total. The van der Waals surface area contributed by atoms with Gasteiger partial charge in [0, 0.05) is 37.1 Å². The third-order valence-electron chi connectivity index (χ3n) is 5.47. The number of hydrogen-bond donors (Lipinski definition) is 0. The molecule has 1 aliphatic heterocycles. The van der Waals surface area contributed by atoms with E-state index in [1.165, 1.54) is 21.7 Å². The molecule has 1 aliphatic rings. The Kier molecular flexibility index (Phi) is 7.17. The fraction of sp³-hybridized carbons (Fsp3) is 0.318. The number of methoxy groups -OCH3 is 3. The molecular formula is C22H23ClFN3O5S2. The van der Waals surface area contributed by atoms with Gasteiger partial charge in [0.15, 0.2) is 16.6 Å². The molecule has 0 spiro atoms. The Labute approximate surface area is 206 Å². The maximum Gasteiger partial charge on any atom is 0.244 e. The Morgan fingerprint density at radius 3 is 2.21 bits per heavy atom. The molecule has 12 heteroatoms. The lowest BCUT2D eigenvalue weighted by Crippen LogP contribution is -2.48. The van der Waals surface area contributed by atoms with Crippen LogP contribution in [0.4, 0.5) is 9.52 Å². The number of nitrogens with zero attached hydrogens (tertiary/aromatic N) is 3. The largest absolute Gasteiger partial charge is 0.493 e. The summed E-state index contributed by atoms with van der Waals surface area (Å²) in [5.41, 5.74) is 1.55. The molecule has 1 saturated heterocycles. The molecule has 0 N–H and O–H groups in total. The summed E-state index contributed by atoms with van der Waals surface area (Å²) in [4.78, 5) is 6.68. The molecule has 0 aliphatic carbocycles. The highest BCUT2D eigenvalue weighted by molar-refractivity contribution is 7.89. The van der Waals surface area contributed by atoms with Crippen molar-refractivity contribution in [3.8, 4) is 28.5 Å². The fourth-order valence-electron chi connectivity index (χ4n) is 3.71. The van der Waals surface area contributed by atoms with Crippen molar-refractivity contribution in [2.45, 2.75) is 4.90 Å². The van der Waals surface area contributed by atoms with Crippen molar-refractivity contribution in [3.63, 3.8) is 0 Å². The lowest BCUT2D eigenvalue weighted by atomic mass is 10.1. The van der Waals surface area contributed by atoms with Crippen molar-refractivity contribution in [3.05, 3.63) is 46.6 Å². The Morgan fingerprint density at radius 1 is 1.00 bits per heavy atom. The average molecular weight is 528 g/mol. The summed E-state index contributed by atoms with van der Waals surface area (Å²) in [6.45, 7) is 1.44. The van der Waals surface area contributed by atoms with Gasteiger partial charge in [-0.25, -0.2) is 17.8 Å². The first-order valence-corrected chi connectivity index (χ1v) is 12.9. The van der Waals surface area contributed by atoms with Crippen LogP contribution in [0, 0.1) is 5.82 Å². The molecule has 0 saturated carbocycles. The molecule has 2 heterocycles. The summed E-state index contributed by atoms with van der Waals surface area (Å²) in [7, 11) is 0.835. The molecule has 0 bridgehead atoms. The van der Waals surface area contributed by atoms with E-state index in [4.69, 9.17) is 30.8 Å². The van der Waals surface area contributed by atoms with E-state index in [9.17, 15) is 12.8 Å². The van der Waals surface area contributed by atoms with Crippen molar-refractivity contribution in [2.24, 2.45) is 0 Å². The normalized spacial score (nSPS) is 14.8. The molecule has 0 unspecified atom stereocenters. The number of ether oxygens (including phenoxy) is 3. The molecule has 34 heavy (non-hydrogen) atoms. The highest BCUT2D eigenvalue weighted by atomic mass is 35.5. The van der Waals surface area contributed by atoms with Crippen molar-refractivity contribution >= 4 is 38.1 Å². The molecule has 0 atom stereocenters. The SMILES string of the molecule is COc1cc(-c2csc(N3CCN(S(=O)(=O)c4ccc(F)cc4Cl)CC3)n2)cc(OC)c1OC. The molecule has 1 aromatic heterocycles. The van der Waals surface area contributed by atoms with Crippen LogP contribution in [0.3, 0.4) is 0 Å². The molecule has 1 fully saturated rings. The zero-order chi connectivity index (χ0) is 24.5. The monoisotopic (exact) mass is 527 g/mol. The van der Waals surface area contributed by atoms with Crippen LogP contribution in [0.25, 0.3) is 11.3 Å². The van der Waals surface area contributed by atoms with Crippen LogP contribution in [0.1, 0.15) is 0 Å². The smallest absolute Gasteiger partial charge is 0.244 e. The molecule has 3 aromatic rings. The predicted molar refractivity (Wildman–Crippen MR) is 130 cm³/mol. The minimum Gasteiger partial charge on any atom is -0.493 e. The Morgan fingerprint density at radius 2 is 1.65 bits per heavy atom. The van der Waals surface area contributed by atoms with E-state index < -0.39 is 15.8 Å². The van der Waals surface area contributed by atoms with Crippen LogP contribution in [-0.4, -0.2) is 65.2 Å². The van der Waals surface area contributed by atoms with Gasteiger partial charge in [-0.3, -0.25) is 0 Å². The van der Waals surface area contributed by atoms with Crippen molar-refractivity contribution in [2.75, 3.05) is 52.4 Å². The Bertz CT molecular complexity index is 1270. The van der Waals surface area contributed by atoms with Gasteiger partial charge in [-0.1, -0.05) is 11.6 Å². The van der Waals surface area contributed by atoms with Crippen LogP contribution in [0.15, 0.2) is 40.6 Å². The second-order valence-electron chi connectivity index (χ2n) is 7.40. The summed E-state index contributed by atoms with van der Waals surface area (Å²) < 4.78 is 56.9. The second kappa shape index (κ2) is 9.95. The first kappa shape index (κ1) is 24.5. The van der Waals surface area contributed by atoms with E-state index in [0.717, 1.165) is 28.5 Å². The van der Waals surface area contributed by atoms with Crippen molar-refractivity contribution in [1.82, 2.24) is 9.29 Å². The number of rotatable bonds is 7. The maximum atomic E-state index is 13.3. The minimum absolute atomic E-state index is 0.0945. The number of piperazine rings is 1. The van der Waals surface area contributed by atoms with Gasteiger partial charge in [-0.15, -0.1) is 11.3 Å². The molecule has 182 valence electrons. The van der Waals surface area contributed by atoms with E-state index >= 15 is 0 Å². The number of halogens is 2. The minimum atomic E-state index is -3.82. The van der Waals surface area contributed by atoms with E-state index in [1.54, 1.807) is 21.3 Å². The van der Waals surface area contributed by atoms with Gasteiger partial charge in [-0.2, -0.15) is 4.31 Å². The lowest BCUT2D eigenvalue weighted by molar-refractivity contribution is 0.324. The average Bonchev–Trinajstić information content (AvgIpc) is 3.33. The Hall–Kier alpha value is -2.60. The van der Waals surface area contributed by atoms with Gasteiger partial charge in [-0.05, 0) is 30.3 Å². The highest BCUT2D eigenvalue weighted by Gasteiger charge is 2.31. The second-order valence-corrected chi connectivity index (χ2v) is 10.5. The topological polar surface area (TPSA) is 81.2 Å². The third-order valence-corrected chi connectivity index (χ3v) is 8.76. The van der Waals surface area contributed by atoms with E-state index in [-0.39, 0.29) is 23.0 Å². The van der Waals surface area contributed by atoms with Gasteiger partial charge in [0.1, 0.15) is 10.7 Å². The lowest BCUT2D eigenvalue weighted by Gasteiger charge is -2.33. The van der Waals surface area contributed by atoms with Crippen LogP contribution in [-0.2, 0) is 10.0 Å². The number of sulfonamides is 1. The van der Waals surface area contributed by atoms with Gasteiger partial charge in [0.2, 0.25) is 15.8 Å². The molecule has 4 rings (SSSR count). The van der Waals surface area contributed by atoms with Crippen LogP contribution < -0.4 is 19.1 Å². The summed E-state index contributed by atoms with van der Waals surface area (Å²) in [6.07, 6.45) is 0. The van der Waals surface area contributed by atoms with E-state index in [1.807, 2.05) is 22.4 Å². The molecule has 0 radical (unpaired) electrons. The maximum absolute atomic E-state index is 13.3. The zero-order valence-corrected chi connectivity index (χ0v) is 21.1. The summed E-state index contributed by atoms with van der Waals surface area (Å²) in [6, 6.07) is 6.96.